The van der Waals surface area contributed by atoms with Gasteiger partial charge in [0.05, 0.1) is 17.2 Å². The zero-order valence-corrected chi connectivity index (χ0v) is 15.0. The van der Waals surface area contributed by atoms with Crippen molar-refractivity contribution in [1.82, 2.24) is 19.6 Å². The highest BCUT2D eigenvalue weighted by Gasteiger charge is 2.51. The Morgan fingerprint density at radius 3 is 2.57 bits per heavy atom. The molecule has 2 aromatic heterocycles. The lowest BCUT2D eigenvalue weighted by Crippen LogP contribution is -2.34. The van der Waals surface area contributed by atoms with Crippen molar-refractivity contribution in [2.24, 2.45) is 5.73 Å². The number of allylic oxidation sites excluding steroid dienone is 1. The summed E-state index contributed by atoms with van der Waals surface area (Å²) in [4.78, 5) is 24.3. The molecule has 7 nitrogen and oxygen atoms in total. The van der Waals surface area contributed by atoms with E-state index in [1.165, 1.54) is 6.08 Å². The minimum absolute atomic E-state index is 0.197. The van der Waals surface area contributed by atoms with Gasteiger partial charge >= 0.3 is 0 Å². The summed E-state index contributed by atoms with van der Waals surface area (Å²) in [5.41, 5.74) is 7.84. The van der Waals surface area contributed by atoms with E-state index in [2.05, 4.69) is 16.9 Å². The number of benzene rings is 2. The number of aromatic nitrogens is 4. The molecule has 0 aliphatic heterocycles. The number of carbonyl (C=O) groups excluding carboxylic acids is 2. The van der Waals surface area contributed by atoms with Crippen LogP contribution in [0.5, 0.6) is 0 Å². The van der Waals surface area contributed by atoms with Crippen molar-refractivity contribution in [2.75, 3.05) is 0 Å². The predicted molar refractivity (Wildman–Crippen MR) is 106 cm³/mol. The first-order valence-corrected chi connectivity index (χ1v) is 8.99. The van der Waals surface area contributed by atoms with Gasteiger partial charge in [0, 0.05) is 16.3 Å². The van der Waals surface area contributed by atoms with Crippen molar-refractivity contribution in [3.63, 3.8) is 0 Å². The minimum atomic E-state index is -0.758. The van der Waals surface area contributed by atoms with Gasteiger partial charge in [-0.25, -0.2) is 4.68 Å². The van der Waals surface area contributed by atoms with Crippen molar-refractivity contribution in [3.05, 3.63) is 61.3 Å². The lowest BCUT2D eigenvalue weighted by molar-refractivity contribution is -0.122. The van der Waals surface area contributed by atoms with Crippen molar-refractivity contribution in [3.8, 4) is 11.3 Å². The molecule has 2 N–H and O–H groups in total. The maximum atomic E-state index is 12.5. The summed E-state index contributed by atoms with van der Waals surface area (Å²) in [6.07, 6.45) is 4.40. The Morgan fingerprint density at radius 2 is 1.86 bits per heavy atom. The van der Waals surface area contributed by atoms with Crippen LogP contribution in [0.4, 0.5) is 0 Å². The zero-order valence-electron chi connectivity index (χ0n) is 15.0. The molecule has 138 valence electrons. The van der Waals surface area contributed by atoms with Crippen LogP contribution in [-0.2, 0) is 10.3 Å². The van der Waals surface area contributed by atoms with Gasteiger partial charge in [-0.1, -0.05) is 42.1 Å². The zero-order chi connectivity index (χ0) is 19.5. The van der Waals surface area contributed by atoms with Crippen LogP contribution < -0.4 is 5.73 Å². The Kier molecular flexibility index (Phi) is 3.30. The van der Waals surface area contributed by atoms with Gasteiger partial charge in [0.1, 0.15) is 11.2 Å². The number of para-hydroxylation sites is 1. The van der Waals surface area contributed by atoms with E-state index in [9.17, 15) is 9.59 Å². The highest BCUT2D eigenvalue weighted by atomic mass is 16.2. The van der Waals surface area contributed by atoms with Gasteiger partial charge in [0.2, 0.25) is 5.91 Å². The Morgan fingerprint density at radius 1 is 1.11 bits per heavy atom. The molecule has 0 spiro atoms. The second kappa shape index (κ2) is 5.63. The summed E-state index contributed by atoms with van der Waals surface area (Å²) in [7, 11) is 0. The average molecular weight is 371 g/mol. The van der Waals surface area contributed by atoms with Crippen molar-refractivity contribution < 1.29 is 9.59 Å². The normalized spacial score (nSPS) is 15.0. The molecule has 1 aliphatic carbocycles. The molecule has 2 aromatic carbocycles. The maximum absolute atomic E-state index is 12.5. The fourth-order valence-corrected chi connectivity index (χ4v) is 3.86. The molecule has 1 aliphatic rings. The van der Waals surface area contributed by atoms with E-state index in [4.69, 9.17) is 5.73 Å². The number of nitrogens with zero attached hydrogens (tertiary/aromatic N) is 4. The van der Waals surface area contributed by atoms with Crippen molar-refractivity contribution in [2.45, 2.75) is 18.4 Å². The predicted octanol–water partition coefficient (Wildman–Crippen LogP) is 2.85. The van der Waals surface area contributed by atoms with Crippen LogP contribution in [-0.4, -0.2) is 31.4 Å². The van der Waals surface area contributed by atoms with Gasteiger partial charge in [-0.15, -0.1) is 5.10 Å². The van der Waals surface area contributed by atoms with E-state index >= 15 is 0 Å². The Labute approximate surface area is 160 Å². The molecule has 0 saturated heterocycles. The number of nitrogens with two attached hydrogens (primary N) is 1. The molecule has 5 rings (SSSR count). The van der Waals surface area contributed by atoms with Gasteiger partial charge in [0.25, 0.3) is 5.91 Å². The fourth-order valence-electron chi connectivity index (χ4n) is 3.86. The van der Waals surface area contributed by atoms with Gasteiger partial charge in [-0.2, -0.15) is 0 Å². The number of rotatable bonds is 4. The molecule has 4 aromatic rings. The first-order valence-electron chi connectivity index (χ1n) is 8.99. The second-order valence-corrected chi connectivity index (χ2v) is 7.04. The summed E-state index contributed by atoms with van der Waals surface area (Å²) in [5, 5.41) is 10.3. The lowest BCUT2D eigenvalue weighted by Gasteiger charge is -2.09. The molecule has 0 radical (unpaired) electrons. The first kappa shape index (κ1) is 16.4. The molecule has 1 fully saturated rings. The third-order valence-electron chi connectivity index (χ3n) is 5.48. The Balaban J connectivity index is 1.78. The van der Waals surface area contributed by atoms with Crippen LogP contribution >= 0.6 is 0 Å². The third-order valence-corrected chi connectivity index (χ3v) is 5.48. The molecule has 1 amide bonds. The summed E-state index contributed by atoms with van der Waals surface area (Å²) in [6, 6.07) is 13.4. The van der Waals surface area contributed by atoms with Crippen LogP contribution in [0.15, 0.2) is 61.3 Å². The average Bonchev–Trinajstić information content (AvgIpc) is 3.26. The van der Waals surface area contributed by atoms with Gasteiger partial charge < -0.3 is 5.73 Å². The molecule has 0 unspecified atom stereocenters. The smallest absolute Gasteiger partial charge is 0.254 e. The van der Waals surface area contributed by atoms with Gasteiger partial charge in [0.15, 0.2) is 0 Å². The molecule has 0 atom stereocenters. The number of fused-ring (bicyclic) bond motifs is 3. The van der Waals surface area contributed by atoms with Crippen LogP contribution in [0.2, 0.25) is 0 Å². The van der Waals surface area contributed by atoms with E-state index in [1.54, 1.807) is 15.4 Å². The lowest BCUT2D eigenvalue weighted by atomic mass is 10.0. The number of amides is 1. The fraction of sp³-hybridized carbons (Fsp3) is 0.143. The minimum Gasteiger partial charge on any atom is -0.368 e. The van der Waals surface area contributed by atoms with E-state index in [-0.39, 0.29) is 5.91 Å². The van der Waals surface area contributed by atoms with Crippen molar-refractivity contribution >= 4 is 33.6 Å². The Bertz CT molecular complexity index is 1290. The number of primary amides is 1. The van der Waals surface area contributed by atoms with E-state index in [0.29, 0.717) is 18.5 Å². The highest BCUT2D eigenvalue weighted by Crippen LogP contribution is 2.43. The maximum Gasteiger partial charge on any atom is 0.254 e. The van der Waals surface area contributed by atoms with Crippen molar-refractivity contribution in [1.29, 1.82) is 0 Å². The summed E-state index contributed by atoms with van der Waals surface area (Å²) in [6.45, 7) is 3.62. The Hall–Kier alpha value is -3.74. The van der Waals surface area contributed by atoms with E-state index in [0.717, 1.165) is 27.4 Å². The van der Waals surface area contributed by atoms with Crippen LogP contribution in [0.1, 0.15) is 17.6 Å². The third kappa shape index (κ3) is 2.10. The van der Waals surface area contributed by atoms with Gasteiger partial charge in [-0.05, 0) is 31.1 Å². The number of hydrogen-bond donors (Lipinski definition) is 1. The summed E-state index contributed by atoms with van der Waals surface area (Å²) < 4.78 is 3.22. The SMILES string of the molecule is C=CC(=O)n1c2ccccc2c2c(-c3cn(C4(C(N)=O)CC4)nn3)cccc21. The molecule has 7 heteroatoms. The molecule has 0 bridgehead atoms. The molecular weight excluding hydrogens is 354 g/mol. The highest BCUT2D eigenvalue weighted by molar-refractivity contribution is 6.19. The van der Waals surface area contributed by atoms with E-state index < -0.39 is 11.4 Å². The van der Waals surface area contributed by atoms with Crippen LogP contribution in [0.25, 0.3) is 33.1 Å². The second-order valence-electron chi connectivity index (χ2n) is 7.04. The largest absolute Gasteiger partial charge is 0.368 e. The van der Waals surface area contributed by atoms with Crippen LogP contribution in [0.3, 0.4) is 0 Å². The number of carbonyl (C=O) groups is 2. The van der Waals surface area contributed by atoms with E-state index in [1.807, 2.05) is 42.5 Å². The molecular formula is C21H17N5O2. The monoisotopic (exact) mass is 371 g/mol. The van der Waals surface area contributed by atoms with Gasteiger partial charge in [-0.3, -0.25) is 14.2 Å². The standard InChI is InChI=1S/C21H17N5O2/c1-2-18(27)26-16-8-4-3-6-14(16)19-13(7-5-9-17(19)26)15-12-25(24-23-15)21(10-11-21)20(22)28/h2-9,12H,1,10-11H2,(H2,22,28). The molecule has 1 saturated carbocycles. The topological polar surface area (TPSA) is 95.8 Å². The molecule has 2 heterocycles. The summed E-state index contributed by atoms with van der Waals surface area (Å²) >= 11 is 0. The summed E-state index contributed by atoms with van der Waals surface area (Å²) in [5.74, 6) is -0.590. The quantitative estimate of drug-likeness (QED) is 0.558. The first-order chi connectivity index (χ1) is 13.6. The molecule has 28 heavy (non-hydrogen) atoms. The van der Waals surface area contributed by atoms with Crippen LogP contribution in [0, 0.1) is 0 Å². The number of hydrogen-bond acceptors (Lipinski definition) is 4.